The Morgan fingerprint density at radius 1 is 1.21 bits per heavy atom. The molecule has 1 aliphatic rings. The molecule has 0 aromatic carbocycles. The SMILES string of the molecule is CCC(CC)(CNC(=NC)N1CCC(COCCOC)C1)NC(=O)OC(C)(C)C. The number of methoxy groups -OCH3 is 1. The first-order valence-electron chi connectivity index (χ1n) is 10.7. The van der Waals surface area contributed by atoms with Gasteiger partial charge in [0, 0.05) is 39.7 Å². The molecule has 1 fully saturated rings. The highest BCUT2D eigenvalue weighted by atomic mass is 16.6. The Labute approximate surface area is 176 Å². The summed E-state index contributed by atoms with van der Waals surface area (Å²) in [7, 11) is 3.48. The van der Waals surface area contributed by atoms with Crippen molar-refractivity contribution in [1.82, 2.24) is 15.5 Å². The molecule has 0 aromatic rings. The number of aliphatic imine (C=N–C) groups is 1. The van der Waals surface area contributed by atoms with Gasteiger partial charge in [-0.2, -0.15) is 0 Å². The average molecular weight is 415 g/mol. The number of carbonyl (C=O) groups is 1. The summed E-state index contributed by atoms with van der Waals surface area (Å²) >= 11 is 0. The molecule has 1 unspecified atom stereocenters. The third kappa shape index (κ3) is 9.21. The lowest BCUT2D eigenvalue weighted by Crippen LogP contribution is -2.57. The fourth-order valence-electron chi connectivity index (χ4n) is 3.37. The molecule has 1 aliphatic heterocycles. The van der Waals surface area contributed by atoms with E-state index < -0.39 is 5.60 Å². The number of rotatable bonds is 10. The van der Waals surface area contributed by atoms with Crippen LogP contribution in [0.2, 0.25) is 0 Å². The van der Waals surface area contributed by atoms with Crippen LogP contribution < -0.4 is 10.6 Å². The Bertz CT molecular complexity index is 515. The van der Waals surface area contributed by atoms with Gasteiger partial charge in [0.15, 0.2) is 5.96 Å². The van der Waals surface area contributed by atoms with E-state index in [2.05, 4.69) is 34.4 Å². The van der Waals surface area contributed by atoms with Gasteiger partial charge in [0.1, 0.15) is 5.60 Å². The van der Waals surface area contributed by atoms with Gasteiger partial charge in [-0.05, 0) is 40.0 Å². The molecule has 8 nitrogen and oxygen atoms in total. The van der Waals surface area contributed by atoms with Gasteiger partial charge in [0.25, 0.3) is 0 Å². The van der Waals surface area contributed by atoms with Crippen molar-refractivity contribution in [2.75, 3.05) is 53.6 Å². The number of guanidine groups is 1. The van der Waals surface area contributed by atoms with Crippen LogP contribution in [-0.2, 0) is 14.2 Å². The first-order chi connectivity index (χ1) is 13.7. The lowest BCUT2D eigenvalue weighted by atomic mass is 9.93. The van der Waals surface area contributed by atoms with Crippen LogP contribution in [0.3, 0.4) is 0 Å². The minimum Gasteiger partial charge on any atom is -0.444 e. The Morgan fingerprint density at radius 2 is 1.90 bits per heavy atom. The zero-order valence-electron chi connectivity index (χ0n) is 19.5. The summed E-state index contributed by atoms with van der Waals surface area (Å²) in [5, 5.41) is 6.54. The van der Waals surface area contributed by atoms with Crippen LogP contribution >= 0.6 is 0 Å². The first kappa shape index (κ1) is 25.5. The van der Waals surface area contributed by atoms with Crippen molar-refractivity contribution in [2.45, 2.75) is 65.0 Å². The molecule has 0 aromatic heterocycles. The maximum Gasteiger partial charge on any atom is 0.408 e. The molecule has 170 valence electrons. The van der Waals surface area contributed by atoms with Crippen molar-refractivity contribution in [1.29, 1.82) is 0 Å². The lowest BCUT2D eigenvalue weighted by Gasteiger charge is -2.35. The van der Waals surface area contributed by atoms with Gasteiger partial charge in [-0.3, -0.25) is 4.99 Å². The van der Waals surface area contributed by atoms with Crippen LogP contribution in [0.5, 0.6) is 0 Å². The molecular formula is C21H42N4O4. The van der Waals surface area contributed by atoms with Gasteiger partial charge >= 0.3 is 6.09 Å². The number of nitrogens with zero attached hydrogens (tertiary/aromatic N) is 2. The Morgan fingerprint density at radius 3 is 2.45 bits per heavy atom. The smallest absolute Gasteiger partial charge is 0.408 e. The Kier molecular flexibility index (Phi) is 10.7. The van der Waals surface area contributed by atoms with Crippen molar-refractivity contribution in [3.63, 3.8) is 0 Å². The molecule has 2 N–H and O–H groups in total. The van der Waals surface area contributed by atoms with Crippen LogP contribution in [0.4, 0.5) is 4.79 Å². The number of hydrogen-bond donors (Lipinski definition) is 2. The van der Waals surface area contributed by atoms with Gasteiger partial charge < -0.3 is 29.7 Å². The molecule has 0 bridgehead atoms. The van der Waals surface area contributed by atoms with Crippen molar-refractivity contribution in [3.05, 3.63) is 0 Å². The largest absolute Gasteiger partial charge is 0.444 e. The van der Waals surface area contributed by atoms with Gasteiger partial charge in [-0.1, -0.05) is 13.8 Å². The summed E-state index contributed by atoms with van der Waals surface area (Å²) in [6.45, 7) is 14.2. The predicted molar refractivity (Wildman–Crippen MR) is 116 cm³/mol. The molecule has 8 heteroatoms. The van der Waals surface area contributed by atoms with Crippen LogP contribution in [0.25, 0.3) is 0 Å². The average Bonchev–Trinajstić information content (AvgIpc) is 3.12. The van der Waals surface area contributed by atoms with Gasteiger partial charge in [0.05, 0.1) is 25.4 Å². The molecule has 0 radical (unpaired) electrons. The standard InChI is InChI=1S/C21H42N4O4/c1-8-21(9-2,24-19(26)29-20(3,4)5)16-23-18(22-6)25-11-10-17(14-25)15-28-13-12-27-7/h17H,8-16H2,1-7H3,(H,22,23)(H,24,26). The summed E-state index contributed by atoms with van der Waals surface area (Å²) < 4.78 is 16.2. The highest BCUT2D eigenvalue weighted by Crippen LogP contribution is 2.19. The molecule has 0 spiro atoms. The van der Waals surface area contributed by atoms with Crippen molar-refractivity contribution < 1.29 is 19.0 Å². The molecular weight excluding hydrogens is 372 g/mol. The maximum atomic E-state index is 12.3. The number of alkyl carbamates (subject to hydrolysis) is 1. The second-order valence-electron chi connectivity index (χ2n) is 8.68. The Balaban J connectivity index is 2.58. The normalized spacial score (nSPS) is 18.1. The topological polar surface area (TPSA) is 84.4 Å². The zero-order valence-corrected chi connectivity index (χ0v) is 19.5. The molecule has 1 amide bonds. The summed E-state index contributed by atoms with van der Waals surface area (Å²) in [6.07, 6.45) is 2.29. The molecule has 1 atom stereocenters. The lowest BCUT2D eigenvalue weighted by molar-refractivity contribution is 0.0448. The molecule has 1 rings (SSSR count). The summed E-state index contributed by atoms with van der Waals surface area (Å²) in [5.41, 5.74) is -0.905. The maximum absolute atomic E-state index is 12.3. The number of nitrogens with one attached hydrogen (secondary N) is 2. The Hall–Kier alpha value is -1.54. The molecule has 29 heavy (non-hydrogen) atoms. The number of likely N-dealkylation sites (tertiary alicyclic amines) is 1. The second kappa shape index (κ2) is 12.2. The van der Waals surface area contributed by atoms with Crippen molar-refractivity contribution in [2.24, 2.45) is 10.9 Å². The van der Waals surface area contributed by atoms with E-state index in [-0.39, 0.29) is 11.6 Å². The van der Waals surface area contributed by atoms with Crippen molar-refractivity contribution in [3.8, 4) is 0 Å². The van der Waals surface area contributed by atoms with E-state index >= 15 is 0 Å². The third-order valence-electron chi connectivity index (χ3n) is 5.29. The van der Waals surface area contributed by atoms with E-state index in [1.165, 1.54) is 0 Å². The van der Waals surface area contributed by atoms with E-state index in [4.69, 9.17) is 14.2 Å². The predicted octanol–water partition coefficient (Wildman–Crippen LogP) is 2.63. The van der Waals surface area contributed by atoms with Crippen LogP contribution in [0.15, 0.2) is 4.99 Å². The van der Waals surface area contributed by atoms with Gasteiger partial charge in [-0.15, -0.1) is 0 Å². The van der Waals surface area contributed by atoms with E-state index in [1.807, 2.05) is 20.8 Å². The fourth-order valence-corrected chi connectivity index (χ4v) is 3.37. The highest BCUT2D eigenvalue weighted by molar-refractivity contribution is 5.80. The minimum atomic E-state index is -0.517. The first-order valence-corrected chi connectivity index (χ1v) is 10.7. The van der Waals surface area contributed by atoms with Gasteiger partial charge in [-0.25, -0.2) is 4.79 Å². The van der Waals surface area contributed by atoms with Crippen molar-refractivity contribution >= 4 is 12.1 Å². The number of carbonyl (C=O) groups excluding carboxylic acids is 1. The van der Waals surface area contributed by atoms with Crippen LogP contribution in [-0.4, -0.2) is 81.7 Å². The fraction of sp³-hybridized carbons (Fsp3) is 0.905. The summed E-state index contributed by atoms with van der Waals surface area (Å²) in [4.78, 5) is 19.0. The minimum absolute atomic E-state index is 0.382. The second-order valence-corrected chi connectivity index (χ2v) is 8.68. The highest BCUT2D eigenvalue weighted by Gasteiger charge is 2.32. The summed E-state index contributed by atoms with van der Waals surface area (Å²) in [6, 6.07) is 0. The third-order valence-corrected chi connectivity index (χ3v) is 5.29. The van der Waals surface area contributed by atoms with E-state index in [1.54, 1.807) is 14.2 Å². The van der Waals surface area contributed by atoms with E-state index in [0.29, 0.717) is 25.7 Å². The number of hydrogen-bond acceptors (Lipinski definition) is 5. The number of amides is 1. The van der Waals surface area contributed by atoms with Crippen LogP contribution in [0, 0.1) is 5.92 Å². The molecule has 0 aliphatic carbocycles. The zero-order chi connectivity index (χ0) is 21.9. The number of ether oxygens (including phenoxy) is 3. The molecule has 1 heterocycles. The van der Waals surface area contributed by atoms with E-state index in [9.17, 15) is 4.79 Å². The monoisotopic (exact) mass is 414 g/mol. The van der Waals surface area contributed by atoms with Crippen LogP contribution in [0.1, 0.15) is 53.9 Å². The summed E-state index contributed by atoms with van der Waals surface area (Å²) in [5.74, 6) is 1.36. The molecule has 0 saturated carbocycles. The van der Waals surface area contributed by atoms with Gasteiger partial charge in [0.2, 0.25) is 0 Å². The molecule has 1 saturated heterocycles. The quantitative estimate of drug-likeness (QED) is 0.325. The van der Waals surface area contributed by atoms with E-state index in [0.717, 1.165) is 44.9 Å².